The summed E-state index contributed by atoms with van der Waals surface area (Å²) in [6.07, 6.45) is -1.12. The maximum Gasteiger partial charge on any atom is 0.240 e. The van der Waals surface area contributed by atoms with Gasteiger partial charge in [0.25, 0.3) is 0 Å². The third kappa shape index (κ3) is 3.67. The van der Waals surface area contributed by atoms with Crippen molar-refractivity contribution in [3.8, 4) is 0 Å². The summed E-state index contributed by atoms with van der Waals surface area (Å²) in [5.41, 5.74) is 6.43. The Labute approximate surface area is 100 Å². The molecule has 1 unspecified atom stereocenters. The van der Waals surface area contributed by atoms with Crippen molar-refractivity contribution in [3.63, 3.8) is 0 Å². The number of nitrogens with two attached hydrogens (primary N) is 1. The summed E-state index contributed by atoms with van der Waals surface area (Å²) in [5, 5.41) is 17.7. The van der Waals surface area contributed by atoms with Crippen LogP contribution in [0.3, 0.4) is 0 Å². The van der Waals surface area contributed by atoms with Crippen LogP contribution in [0.2, 0.25) is 0 Å². The number of aliphatic hydroxyl groups excluding tert-OH is 2. The summed E-state index contributed by atoms with van der Waals surface area (Å²) < 4.78 is 25.9. The van der Waals surface area contributed by atoms with E-state index in [-0.39, 0.29) is 11.4 Å². The Morgan fingerprint density at radius 1 is 1.47 bits per heavy atom. The van der Waals surface area contributed by atoms with E-state index in [2.05, 4.69) is 4.72 Å². The maximum atomic E-state index is 11.9. The highest BCUT2D eigenvalue weighted by Gasteiger charge is 2.18. The van der Waals surface area contributed by atoms with Gasteiger partial charge in [0.2, 0.25) is 10.0 Å². The zero-order valence-corrected chi connectivity index (χ0v) is 10.2. The van der Waals surface area contributed by atoms with Gasteiger partial charge in [0.15, 0.2) is 0 Å². The molecule has 1 aromatic rings. The van der Waals surface area contributed by atoms with Gasteiger partial charge in [0.05, 0.1) is 17.6 Å². The molecular weight excluding hydrogens is 244 g/mol. The molecule has 0 spiro atoms. The molecule has 1 atom stereocenters. The molecule has 0 heterocycles. The van der Waals surface area contributed by atoms with Gasteiger partial charge in [0.1, 0.15) is 0 Å². The van der Waals surface area contributed by atoms with Gasteiger partial charge in [-0.1, -0.05) is 6.07 Å². The average molecular weight is 260 g/mol. The number of rotatable bonds is 5. The molecule has 0 fully saturated rings. The first-order valence-corrected chi connectivity index (χ1v) is 6.50. The van der Waals surface area contributed by atoms with Crippen LogP contribution >= 0.6 is 0 Å². The lowest BCUT2D eigenvalue weighted by atomic mass is 10.2. The molecule has 5 N–H and O–H groups in total. The largest absolute Gasteiger partial charge is 0.399 e. The van der Waals surface area contributed by atoms with Crippen LogP contribution in [0.15, 0.2) is 23.1 Å². The van der Waals surface area contributed by atoms with Crippen LogP contribution in [0.1, 0.15) is 5.56 Å². The monoisotopic (exact) mass is 260 g/mol. The molecule has 0 bridgehead atoms. The van der Waals surface area contributed by atoms with Crippen LogP contribution in [0, 0.1) is 6.92 Å². The van der Waals surface area contributed by atoms with E-state index in [1.807, 2.05) is 0 Å². The Hall–Kier alpha value is -1.15. The number of anilines is 1. The number of benzene rings is 1. The number of nitrogen functional groups attached to an aromatic ring is 1. The van der Waals surface area contributed by atoms with E-state index >= 15 is 0 Å². The van der Waals surface area contributed by atoms with Crippen molar-refractivity contribution < 1.29 is 18.6 Å². The van der Waals surface area contributed by atoms with Gasteiger partial charge in [0, 0.05) is 12.2 Å². The molecule has 0 amide bonds. The zero-order valence-electron chi connectivity index (χ0n) is 9.42. The van der Waals surface area contributed by atoms with Crippen molar-refractivity contribution in [1.29, 1.82) is 0 Å². The van der Waals surface area contributed by atoms with Gasteiger partial charge in [-0.3, -0.25) is 0 Å². The highest BCUT2D eigenvalue weighted by atomic mass is 32.2. The Balaban J connectivity index is 2.93. The minimum absolute atomic E-state index is 0.0719. The third-order valence-electron chi connectivity index (χ3n) is 2.22. The van der Waals surface area contributed by atoms with Gasteiger partial charge in [-0.2, -0.15) is 0 Å². The lowest BCUT2D eigenvalue weighted by molar-refractivity contribution is 0.0988. The van der Waals surface area contributed by atoms with Gasteiger partial charge in [-0.25, -0.2) is 13.1 Å². The van der Waals surface area contributed by atoms with Crippen molar-refractivity contribution in [2.75, 3.05) is 18.9 Å². The molecule has 0 aromatic heterocycles. The lowest BCUT2D eigenvalue weighted by Crippen LogP contribution is -2.34. The average Bonchev–Trinajstić information content (AvgIpc) is 2.29. The molecule has 0 aliphatic rings. The molecule has 7 heteroatoms. The standard InChI is InChI=1S/C10H16N2O4S/c1-7-2-3-8(11)4-10(7)17(15,16)12-5-9(14)6-13/h2-4,9,12-14H,5-6,11H2,1H3. The Morgan fingerprint density at radius 3 is 2.71 bits per heavy atom. The molecule has 0 aliphatic carbocycles. The number of hydrogen-bond donors (Lipinski definition) is 4. The SMILES string of the molecule is Cc1ccc(N)cc1S(=O)(=O)NCC(O)CO. The molecule has 1 rings (SSSR count). The van der Waals surface area contributed by atoms with E-state index < -0.39 is 22.7 Å². The number of aliphatic hydroxyl groups is 2. The fourth-order valence-corrected chi connectivity index (χ4v) is 2.60. The van der Waals surface area contributed by atoms with Crippen LogP contribution in [0.5, 0.6) is 0 Å². The quantitative estimate of drug-likeness (QED) is 0.518. The summed E-state index contributed by atoms with van der Waals surface area (Å²) in [6.45, 7) is 0.905. The summed E-state index contributed by atoms with van der Waals surface area (Å²) >= 11 is 0. The second-order valence-electron chi connectivity index (χ2n) is 3.71. The number of aryl methyl sites for hydroxylation is 1. The van der Waals surface area contributed by atoms with E-state index in [1.54, 1.807) is 19.1 Å². The molecule has 17 heavy (non-hydrogen) atoms. The van der Waals surface area contributed by atoms with E-state index in [0.29, 0.717) is 11.3 Å². The van der Waals surface area contributed by atoms with Crippen molar-refractivity contribution >= 4 is 15.7 Å². The topological polar surface area (TPSA) is 113 Å². The first-order valence-electron chi connectivity index (χ1n) is 5.01. The van der Waals surface area contributed by atoms with Crippen molar-refractivity contribution in [2.45, 2.75) is 17.9 Å². The predicted molar refractivity (Wildman–Crippen MR) is 63.9 cm³/mol. The highest BCUT2D eigenvalue weighted by molar-refractivity contribution is 7.89. The Bertz CT molecular complexity index is 487. The van der Waals surface area contributed by atoms with Crippen LogP contribution in [0.4, 0.5) is 5.69 Å². The third-order valence-corrected chi connectivity index (χ3v) is 3.79. The van der Waals surface area contributed by atoms with Crippen molar-refractivity contribution in [3.05, 3.63) is 23.8 Å². The first-order chi connectivity index (χ1) is 7.86. The van der Waals surface area contributed by atoms with Crippen LogP contribution in [-0.2, 0) is 10.0 Å². The fourth-order valence-electron chi connectivity index (χ4n) is 1.25. The first kappa shape index (κ1) is 13.9. The summed E-state index contributed by atoms with van der Waals surface area (Å²) in [7, 11) is -3.72. The smallest absolute Gasteiger partial charge is 0.240 e. The van der Waals surface area contributed by atoms with E-state index in [9.17, 15) is 8.42 Å². The minimum Gasteiger partial charge on any atom is -0.399 e. The van der Waals surface area contributed by atoms with E-state index in [1.165, 1.54) is 6.07 Å². The number of sulfonamides is 1. The fraction of sp³-hybridized carbons (Fsp3) is 0.400. The molecule has 0 radical (unpaired) electrons. The molecule has 6 nitrogen and oxygen atoms in total. The Morgan fingerprint density at radius 2 is 2.12 bits per heavy atom. The maximum absolute atomic E-state index is 11.9. The van der Waals surface area contributed by atoms with Gasteiger partial charge < -0.3 is 15.9 Å². The van der Waals surface area contributed by atoms with Crippen LogP contribution in [0.25, 0.3) is 0 Å². The normalized spacial score (nSPS) is 13.6. The summed E-state index contributed by atoms with van der Waals surface area (Å²) in [6, 6.07) is 4.56. The molecule has 0 saturated heterocycles. The van der Waals surface area contributed by atoms with Gasteiger partial charge >= 0.3 is 0 Å². The molecule has 0 saturated carbocycles. The van der Waals surface area contributed by atoms with Crippen LogP contribution < -0.4 is 10.5 Å². The second kappa shape index (κ2) is 5.46. The minimum atomic E-state index is -3.72. The molecule has 0 aliphatic heterocycles. The number of nitrogens with one attached hydrogen (secondary N) is 1. The van der Waals surface area contributed by atoms with Gasteiger partial charge in [-0.15, -0.1) is 0 Å². The number of hydrogen-bond acceptors (Lipinski definition) is 5. The van der Waals surface area contributed by atoms with E-state index in [0.717, 1.165) is 0 Å². The lowest BCUT2D eigenvalue weighted by Gasteiger charge is -2.12. The second-order valence-corrected chi connectivity index (χ2v) is 5.45. The van der Waals surface area contributed by atoms with Gasteiger partial charge in [-0.05, 0) is 24.6 Å². The summed E-state index contributed by atoms with van der Waals surface area (Å²) in [5.74, 6) is 0. The highest BCUT2D eigenvalue weighted by Crippen LogP contribution is 2.17. The van der Waals surface area contributed by atoms with Crippen LogP contribution in [-0.4, -0.2) is 37.9 Å². The Kier molecular flexibility index (Phi) is 4.47. The molecular formula is C10H16N2O4S. The van der Waals surface area contributed by atoms with Crippen molar-refractivity contribution in [2.24, 2.45) is 0 Å². The van der Waals surface area contributed by atoms with E-state index in [4.69, 9.17) is 15.9 Å². The molecule has 1 aromatic carbocycles. The molecule has 96 valence electrons. The summed E-state index contributed by atoms with van der Waals surface area (Å²) in [4.78, 5) is 0.0719. The zero-order chi connectivity index (χ0) is 13.1. The predicted octanol–water partition coefficient (Wildman–Crippen LogP) is -0.791. The van der Waals surface area contributed by atoms with Crippen molar-refractivity contribution in [1.82, 2.24) is 4.72 Å².